The molecule has 3 heteroatoms. The fraction of sp³-hybridized carbons (Fsp3) is 0.571. The molecule has 0 amide bonds. The van der Waals surface area contributed by atoms with Crippen LogP contribution in [0.5, 0.6) is 0 Å². The van der Waals surface area contributed by atoms with E-state index >= 15 is 0 Å². The Labute approximate surface area is 114 Å². The third-order valence-corrected chi connectivity index (χ3v) is 3.60. The van der Waals surface area contributed by atoms with E-state index in [4.69, 9.17) is 0 Å². The molecule has 0 aliphatic rings. The molecule has 1 N–H and O–H groups in total. The van der Waals surface area contributed by atoms with Crippen LogP contribution in [0.3, 0.4) is 0 Å². The first-order valence-corrected chi connectivity index (χ1v) is 7.12. The van der Waals surface area contributed by atoms with Crippen LogP contribution in [0.2, 0.25) is 0 Å². The van der Waals surface area contributed by atoms with E-state index in [-0.39, 0.29) is 0 Å². The van der Waals surface area contributed by atoms with Crippen LogP contribution in [0, 0.1) is 0 Å². The van der Waals surface area contributed by atoms with E-state index in [1.54, 1.807) is 0 Å². The Morgan fingerprint density at radius 3 is 2.41 bits per heavy atom. The summed E-state index contributed by atoms with van der Waals surface area (Å²) in [6, 6.07) is 9.18. The third kappa shape index (κ3) is 5.19. The zero-order valence-electron chi connectivity index (χ0n) is 11.0. The van der Waals surface area contributed by atoms with E-state index in [1.165, 1.54) is 12.0 Å². The van der Waals surface area contributed by atoms with Gasteiger partial charge in [-0.3, -0.25) is 4.90 Å². The van der Waals surface area contributed by atoms with Crippen molar-refractivity contribution in [2.24, 2.45) is 0 Å². The van der Waals surface area contributed by atoms with Gasteiger partial charge in [-0.1, -0.05) is 41.9 Å². The van der Waals surface area contributed by atoms with Crippen LogP contribution in [0.1, 0.15) is 25.8 Å². The molecule has 0 heterocycles. The van der Waals surface area contributed by atoms with Gasteiger partial charge in [0.25, 0.3) is 0 Å². The Hall–Kier alpha value is -0.380. The Kier molecular flexibility index (Phi) is 6.78. The lowest BCUT2D eigenvalue weighted by atomic mass is 10.1. The molecule has 0 spiro atoms. The van der Waals surface area contributed by atoms with Gasteiger partial charge in [-0.2, -0.15) is 0 Å². The van der Waals surface area contributed by atoms with Crippen molar-refractivity contribution in [3.8, 4) is 0 Å². The Bertz CT molecular complexity index is 311. The van der Waals surface area contributed by atoms with E-state index in [0.29, 0.717) is 6.04 Å². The number of hydrogen-bond acceptors (Lipinski definition) is 2. The molecule has 1 atom stereocenters. The van der Waals surface area contributed by atoms with Crippen molar-refractivity contribution in [3.63, 3.8) is 0 Å². The van der Waals surface area contributed by atoms with Crippen molar-refractivity contribution in [3.05, 3.63) is 34.3 Å². The van der Waals surface area contributed by atoms with E-state index in [0.717, 1.165) is 24.1 Å². The molecule has 0 saturated carbocycles. The van der Waals surface area contributed by atoms with Gasteiger partial charge in [0.15, 0.2) is 0 Å². The number of nitrogens with zero attached hydrogens (tertiary/aromatic N) is 1. The van der Waals surface area contributed by atoms with Crippen LogP contribution < -0.4 is 5.32 Å². The summed E-state index contributed by atoms with van der Waals surface area (Å²) >= 11 is 3.46. The minimum absolute atomic E-state index is 0.610. The molecule has 1 aromatic carbocycles. The first kappa shape index (κ1) is 14.7. The number of likely N-dealkylation sites (N-methyl/N-ethyl adjacent to an activating group) is 2. The van der Waals surface area contributed by atoms with Crippen molar-refractivity contribution in [1.82, 2.24) is 10.2 Å². The predicted molar refractivity (Wildman–Crippen MR) is 78.2 cm³/mol. The monoisotopic (exact) mass is 298 g/mol. The molecule has 0 saturated heterocycles. The molecular formula is C14H23BrN2. The quantitative estimate of drug-likeness (QED) is 0.831. The Morgan fingerprint density at radius 1 is 1.24 bits per heavy atom. The van der Waals surface area contributed by atoms with Crippen molar-refractivity contribution in [2.45, 2.75) is 32.9 Å². The molecule has 0 aromatic heterocycles. The highest BCUT2D eigenvalue weighted by atomic mass is 79.9. The molecule has 0 radical (unpaired) electrons. The fourth-order valence-electron chi connectivity index (χ4n) is 1.93. The average molecular weight is 299 g/mol. The van der Waals surface area contributed by atoms with Gasteiger partial charge in [0.1, 0.15) is 0 Å². The number of hydrogen-bond donors (Lipinski definition) is 1. The molecule has 1 aromatic rings. The number of nitrogens with one attached hydrogen (secondary N) is 1. The highest BCUT2D eigenvalue weighted by Gasteiger charge is 2.11. The molecule has 0 fully saturated rings. The van der Waals surface area contributed by atoms with Crippen LogP contribution in [0.15, 0.2) is 28.7 Å². The minimum atomic E-state index is 0.610. The molecule has 0 bridgehead atoms. The summed E-state index contributed by atoms with van der Waals surface area (Å²) in [4.78, 5) is 2.42. The zero-order chi connectivity index (χ0) is 12.7. The van der Waals surface area contributed by atoms with Gasteiger partial charge in [-0.05, 0) is 37.7 Å². The summed E-state index contributed by atoms with van der Waals surface area (Å²) in [6.07, 6.45) is 1.18. The SMILES string of the molecule is CCNCC(CC)N(C)Cc1ccc(Br)cc1. The predicted octanol–water partition coefficient (Wildman–Crippen LogP) is 3.27. The summed E-state index contributed by atoms with van der Waals surface area (Å²) in [5.74, 6) is 0. The number of benzene rings is 1. The highest BCUT2D eigenvalue weighted by molar-refractivity contribution is 9.10. The normalized spacial score (nSPS) is 13.0. The van der Waals surface area contributed by atoms with Crippen LogP contribution in [0.25, 0.3) is 0 Å². The van der Waals surface area contributed by atoms with Gasteiger partial charge in [-0.15, -0.1) is 0 Å². The van der Waals surface area contributed by atoms with E-state index < -0.39 is 0 Å². The van der Waals surface area contributed by atoms with Gasteiger partial charge >= 0.3 is 0 Å². The highest BCUT2D eigenvalue weighted by Crippen LogP contribution is 2.13. The molecule has 1 unspecified atom stereocenters. The molecule has 2 nitrogen and oxygen atoms in total. The maximum Gasteiger partial charge on any atom is 0.0234 e. The largest absolute Gasteiger partial charge is 0.315 e. The maximum absolute atomic E-state index is 3.46. The van der Waals surface area contributed by atoms with E-state index in [1.807, 2.05) is 0 Å². The second-order valence-electron chi connectivity index (χ2n) is 4.41. The Morgan fingerprint density at radius 2 is 1.88 bits per heavy atom. The molecule has 0 aliphatic carbocycles. The van der Waals surface area contributed by atoms with Crippen LogP contribution in [-0.2, 0) is 6.54 Å². The van der Waals surface area contributed by atoms with E-state index in [9.17, 15) is 0 Å². The van der Waals surface area contributed by atoms with Crippen LogP contribution >= 0.6 is 15.9 Å². The lowest BCUT2D eigenvalue weighted by molar-refractivity contribution is 0.222. The number of rotatable bonds is 7. The standard InChI is InChI=1S/C14H23BrN2/c1-4-14(10-16-5-2)17(3)11-12-6-8-13(15)9-7-12/h6-9,14,16H,4-5,10-11H2,1-3H3. The molecule has 17 heavy (non-hydrogen) atoms. The van der Waals surface area contributed by atoms with Gasteiger partial charge in [-0.25, -0.2) is 0 Å². The first-order chi connectivity index (χ1) is 8.17. The van der Waals surface area contributed by atoms with E-state index in [2.05, 4.69) is 71.3 Å². The second kappa shape index (κ2) is 7.85. The number of halogens is 1. The minimum Gasteiger partial charge on any atom is -0.315 e. The topological polar surface area (TPSA) is 15.3 Å². The summed E-state index contributed by atoms with van der Waals surface area (Å²) in [5.41, 5.74) is 1.37. The Balaban J connectivity index is 2.51. The summed E-state index contributed by atoms with van der Waals surface area (Å²) < 4.78 is 1.14. The lowest BCUT2D eigenvalue weighted by Crippen LogP contribution is -2.39. The zero-order valence-corrected chi connectivity index (χ0v) is 12.6. The lowest BCUT2D eigenvalue weighted by Gasteiger charge is -2.27. The van der Waals surface area contributed by atoms with Gasteiger partial charge < -0.3 is 5.32 Å². The van der Waals surface area contributed by atoms with Gasteiger partial charge in [0.05, 0.1) is 0 Å². The molecular weight excluding hydrogens is 276 g/mol. The summed E-state index contributed by atoms with van der Waals surface area (Å²) in [7, 11) is 2.20. The van der Waals surface area contributed by atoms with Crippen molar-refractivity contribution in [1.29, 1.82) is 0 Å². The van der Waals surface area contributed by atoms with Crippen molar-refractivity contribution < 1.29 is 0 Å². The van der Waals surface area contributed by atoms with Crippen LogP contribution in [0.4, 0.5) is 0 Å². The average Bonchev–Trinajstić information content (AvgIpc) is 2.33. The maximum atomic E-state index is 3.46. The molecule has 96 valence electrons. The summed E-state index contributed by atoms with van der Waals surface area (Å²) in [5, 5.41) is 3.43. The smallest absolute Gasteiger partial charge is 0.0234 e. The first-order valence-electron chi connectivity index (χ1n) is 6.32. The summed E-state index contributed by atoms with van der Waals surface area (Å²) in [6.45, 7) is 7.53. The fourth-order valence-corrected chi connectivity index (χ4v) is 2.19. The molecule has 1 rings (SSSR count). The molecule has 0 aliphatic heterocycles. The second-order valence-corrected chi connectivity index (χ2v) is 5.33. The van der Waals surface area contributed by atoms with Crippen LogP contribution in [-0.4, -0.2) is 31.1 Å². The van der Waals surface area contributed by atoms with Crippen molar-refractivity contribution in [2.75, 3.05) is 20.1 Å². The van der Waals surface area contributed by atoms with Gasteiger partial charge in [0.2, 0.25) is 0 Å². The van der Waals surface area contributed by atoms with Gasteiger partial charge in [0, 0.05) is 23.6 Å². The third-order valence-electron chi connectivity index (χ3n) is 3.07. The van der Waals surface area contributed by atoms with Crippen molar-refractivity contribution >= 4 is 15.9 Å².